The summed E-state index contributed by atoms with van der Waals surface area (Å²) in [6.45, 7) is 9.23. The molecule has 1 heterocycles. The van der Waals surface area contributed by atoms with E-state index in [-0.39, 0.29) is 18.8 Å². The summed E-state index contributed by atoms with van der Waals surface area (Å²) in [4.78, 5) is 4.68. The number of hydrogen-bond donors (Lipinski definition) is 1. The Labute approximate surface area is 138 Å². The van der Waals surface area contributed by atoms with Gasteiger partial charge in [-0.2, -0.15) is 0 Å². The van der Waals surface area contributed by atoms with Crippen molar-refractivity contribution in [2.75, 3.05) is 33.3 Å². The summed E-state index contributed by atoms with van der Waals surface area (Å²) < 4.78 is 5.68. The minimum absolute atomic E-state index is 0.0192. The van der Waals surface area contributed by atoms with Crippen molar-refractivity contribution in [1.29, 1.82) is 0 Å². The smallest absolute Gasteiger partial charge is 0.138 e. The van der Waals surface area contributed by atoms with Gasteiger partial charge in [-0.05, 0) is 45.5 Å². The van der Waals surface area contributed by atoms with Gasteiger partial charge in [-0.15, -0.1) is 0 Å². The molecule has 0 saturated carbocycles. The number of rotatable bonds is 5. The molecule has 0 radical (unpaired) electrons. The largest absolute Gasteiger partial charge is 0.489 e. The molecule has 2 atom stereocenters. The van der Waals surface area contributed by atoms with E-state index in [1.807, 2.05) is 32.0 Å². The van der Waals surface area contributed by atoms with Crippen molar-refractivity contribution in [3.05, 3.63) is 28.8 Å². The lowest BCUT2D eigenvalue weighted by molar-refractivity contribution is 0.0341. The Balaban J connectivity index is 2.19. The van der Waals surface area contributed by atoms with E-state index in [0.717, 1.165) is 25.2 Å². The van der Waals surface area contributed by atoms with E-state index in [1.165, 1.54) is 0 Å². The fourth-order valence-corrected chi connectivity index (χ4v) is 3.33. The number of piperazine rings is 1. The molecule has 1 aromatic carbocycles. The first-order chi connectivity index (χ1) is 10.4. The first-order valence-corrected chi connectivity index (χ1v) is 8.31. The number of hydrogen-bond acceptors (Lipinski definition) is 4. The van der Waals surface area contributed by atoms with Crippen LogP contribution >= 0.6 is 11.6 Å². The second kappa shape index (κ2) is 7.64. The Morgan fingerprint density at radius 1 is 1.36 bits per heavy atom. The molecule has 124 valence electrons. The van der Waals surface area contributed by atoms with Gasteiger partial charge in [0.2, 0.25) is 0 Å². The Bertz CT molecular complexity index is 496. The molecule has 2 rings (SSSR count). The Kier molecular flexibility index (Phi) is 6.09. The van der Waals surface area contributed by atoms with Gasteiger partial charge in [0.05, 0.1) is 23.8 Å². The van der Waals surface area contributed by atoms with Crippen LogP contribution in [0.15, 0.2) is 18.2 Å². The van der Waals surface area contributed by atoms with Crippen molar-refractivity contribution in [3.63, 3.8) is 0 Å². The normalized spacial score (nSPS) is 22.0. The van der Waals surface area contributed by atoms with Gasteiger partial charge in [-0.25, -0.2) is 0 Å². The molecular formula is C17H27ClN2O2. The summed E-state index contributed by atoms with van der Waals surface area (Å²) in [5, 5.41) is 10.5. The van der Waals surface area contributed by atoms with Gasteiger partial charge in [0, 0.05) is 25.7 Å². The van der Waals surface area contributed by atoms with Gasteiger partial charge < -0.3 is 14.7 Å². The van der Waals surface area contributed by atoms with E-state index in [2.05, 4.69) is 23.8 Å². The van der Waals surface area contributed by atoms with E-state index < -0.39 is 0 Å². The molecule has 1 fully saturated rings. The summed E-state index contributed by atoms with van der Waals surface area (Å²) in [5.41, 5.74) is 1.04. The van der Waals surface area contributed by atoms with Crippen LogP contribution in [-0.2, 0) is 0 Å². The zero-order valence-corrected chi connectivity index (χ0v) is 14.7. The van der Waals surface area contributed by atoms with Crippen LogP contribution in [0, 0.1) is 0 Å². The molecular weight excluding hydrogens is 300 g/mol. The molecule has 0 aliphatic carbocycles. The molecule has 0 spiro atoms. The molecule has 1 aliphatic heterocycles. The zero-order valence-electron chi connectivity index (χ0n) is 13.9. The van der Waals surface area contributed by atoms with E-state index in [9.17, 15) is 5.11 Å². The third kappa shape index (κ3) is 4.13. The summed E-state index contributed by atoms with van der Waals surface area (Å²) in [6.07, 6.45) is 0.0923. The van der Waals surface area contributed by atoms with Gasteiger partial charge in [-0.3, -0.25) is 4.90 Å². The average molecular weight is 327 g/mol. The number of benzene rings is 1. The number of likely N-dealkylation sites (N-methyl/N-ethyl adjacent to an activating group) is 1. The van der Waals surface area contributed by atoms with E-state index in [4.69, 9.17) is 16.3 Å². The van der Waals surface area contributed by atoms with Crippen LogP contribution in [0.2, 0.25) is 5.02 Å². The highest BCUT2D eigenvalue weighted by Crippen LogP contribution is 2.32. The molecule has 0 amide bonds. The topological polar surface area (TPSA) is 35.9 Å². The first-order valence-electron chi connectivity index (χ1n) is 7.93. The van der Waals surface area contributed by atoms with Crippen molar-refractivity contribution >= 4 is 11.6 Å². The number of halogens is 1. The third-order valence-corrected chi connectivity index (χ3v) is 4.45. The number of ether oxygens (including phenoxy) is 1. The van der Waals surface area contributed by atoms with Crippen LogP contribution in [0.4, 0.5) is 0 Å². The van der Waals surface area contributed by atoms with Gasteiger partial charge in [-0.1, -0.05) is 17.7 Å². The first kappa shape index (κ1) is 17.5. The van der Waals surface area contributed by atoms with Crippen LogP contribution in [-0.4, -0.2) is 60.3 Å². The summed E-state index contributed by atoms with van der Waals surface area (Å²) in [6, 6.07) is 6.22. The maximum absolute atomic E-state index is 9.89. The quantitative estimate of drug-likeness (QED) is 0.902. The van der Waals surface area contributed by atoms with E-state index in [0.29, 0.717) is 16.8 Å². The fourth-order valence-electron chi connectivity index (χ4n) is 3.09. The summed E-state index contributed by atoms with van der Waals surface area (Å²) in [7, 11) is 2.14. The SMILES string of the molecule is CC(C)Oc1ccc(C(CO)N2CCN(C)CC2C)cc1Cl. The lowest BCUT2D eigenvalue weighted by Gasteiger charge is -2.42. The molecule has 1 aliphatic rings. The lowest BCUT2D eigenvalue weighted by Crippen LogP contribution is -2.52. The second-order valence-electron chi connectivity index (χ2n) is 6.40. The molecule has 1 aromatic rings. The molecule has 2 unspecified atom stereocenters. The minimum atomic E-state index is -0.0192. The predicted molar refractivity (Wildman–Crippen MR) is 90.7 cm³/mol. The molecule has 4 nitrogen and oxygen atoms in total. The predicted octanol–water partition coefficient (Wildman–Crippen LogP) is 2.80. The van der Waals surface area contributed by atoms with Crippen LogP contribution in [0.3, 0.4) is 0 Å². The van der Waals surface area contributed by atoms with E-state index in [1.54, 1.807) is 0 Å². The number of aliphatic hydroxyl groups is 1. The van der Waals surface area contributed by atoms with Gasteiger partial charge in [0.15, 0.2) is 0 Å². The molecule has 0 bridgehead atoms. The monoisotopic (exact) mass is 326 g/mol. The lowest BCUT2D eigenvalue weighted by atomic mass is 10.0. The number of nitrogens with zero attached hydrogens (tertiary/aromatic N) is 2. The van der Waals surface area contributed by atoms with Crippen molar-refractivity contribution < 1.29 is 9.84 Å². The van der Waals surface area contributed by atoms with Gasteiger partial charge >= 0.3 is 0 Å². The summed E-state index contributed by atoms with van der Waals surface area (Å²) in [5.74, 6) is 0.698. The maximum atomic E-state index is 9.89. The molecule has 1 N–H and O–H groups in total. The number of aliphatic hydroxyl groups excluding tert-OH is 1. The minimum Gasteiger partial charge on any atom is -0.489 e. The van der Waals surface area contributed by atoms with Crippen molar-refractivity contribution in [2.24, 2.45) is 0 Å². The standard InChI is InChI=1S/C17H27ClN2O2/c1-12(2)22-17-6-5-14(9-15(17)18)16(11-21)20-8-7-19(4)10-13(20)3/h5-6,9,12-13,16,21H,7-8,10-11H2,1-4H3. The maximum Gasteiger partial charge on any atom is 0.138 e. The molecule has 5 heteroatoms. The third-order valence-electron chi connectivity index (χ3n) is 4.16. The summed E-state index contributed by atoms with van der Waals surface area (Å²) >= 11 is 6.34. The highest BCUT2D eigenvalue weighted by Gasteiger charge is 2.29. The van der Waals surface area contributed by atoms with E-state index >= 15 is 0 Å². The van der Waals surface area contributed by atoms with Gasteiger partial charge in [0.25, 0.3) is 0 Å². The Morgan fingerprint density at radius 3 is 2.64 bits per heavy atom. The van der Waals surface area contributed by atoms with Gasteiger partial charge in [0.1, 0.15) is 5.75 Å². The van der Waals surface area contributed by atoms with Crippen molar-refractivity contribution in [3.8, 4) is 5.75 Å². The zero-order chi connectivity index (χ0) is 16.3. The van der Waals surface area contributed by atoms with Crippen LogP contribution in [0.5, 0.6) is 5.75 Å². The van der Waals surface area contributed by atoms with Crippen LogP contribution in [0.25, 0.3) is 0 Å². The van der Waals surface area contributed by atoms with Crippen molar-refractivity contribution in [2.45, 2.75) is 39.0 Å². The molecule has 22 heavy (non-hydrogen) atoms. The highest BCUT2D eigenvalue weighted by molar-refractivity contribution is 6.32. The molecule has 1 saturated heterocycles. The fraction of sp³-hybridized carbons (Fsp3) is 0.647. The van der Waals surface area contributed by atoms with Crippen LogP contribution in [0.1, 0.15) is 32.4 Å². The van der Waals surface area contributed by atoms with Crippen molar-refractivity contribution in [1.82, 2.24) is 9.80 Å². The average Bonchev–Trinajstić information content (AvgIpc) is 2.44. The highest BCUT2D eigenvalue weighted by atomic mass is 35.5. The molecule has 0 aromatic heterocycles. The second-order valence-corrected chi connectivity index (χ2v) is 6.81. The van der Waals surface area contributed by atoms with Crippen LogP contribution < -0.4 is 4.74 Å². The Morgan fingerprint density at radius 2 is 2.09 bits per heavy atom. The Hall–Kier alpha value is -0.810.